The summed E-state index contributed by atoms with van der Waals surface area (Å²) in [4.78, 5) is 16.4. The minimum absolute atomic E-state index is 0.110. The second-order valence-corrected chi connectivity index (χ2v) is 6.99. The van der Waals surface area contributed by atoms with Gasteiger partial charge in [-0.2, -0.15) is 0 Å². The molecule has 8 nitrogen and oxygen atoms in total. The summed E-state index contributed by atoms with van der Waals surface area (Å²) in [5.74, 6) is 1.33. The van der Waals surface area contributed by atoms with Crippen LogP contribution in [0, 0.1) is 5.82 Å². The van der Waals surface area contributed by atoms with Crippen LogP contribution >= 0.6 is 11.8 Å². The van der Waals surface area contributed by atoms with Gasteiger partial charge >= 0.3 is 0 Å². The van der Waals surface area contributed by atoms with E-state index in [1.54, 1.807) is 30.3 Å². The maximum Gasteiger partial charge on any atom is 0.230 e. The van der Waals surface area contributed by atoms with Crippen molar-refractivity contribution in [3.63, 3.8) is 0 Å². The number of amides is 1. The molecule has 0 saturated carbocycles. The first kappa shape index (κ1) is 21.4. The smallest absolute Gasteiger partial charge is 0.230 e. The maximum atomic E-state index is 13.8. The van der Waals surface area contributed by atoms with Crippen LogP contribution in [-0.2, 0) is 11.3 Å². The van der Waals surface area contributed by atoms with Crippen LogP contribution in [0.3, 0.4) is 0 Å². The van der Waals surface area contributed by atoms with Gasteiger partial charge in [-0.05, 0) is 29.8 Å². The van der Waals surface area contributed by atoms with Gasteiger partial charge in [0.15, 0.2) is 17.3 Å². The minimum atomic E-state index is -0.395. The monoisotopic (exact) mass is 432 g/mol. The lowest BCUT2D eigenvalue weighted by Crippen LogP contribution is -2.24. The van der Waals surface area contributed by atoms with Gasteiger partial charge in [0, 0.05) is 6.54 Å². The van der Waals surface area contributed by atoms with Gasteiger partial charge in [-0.1, -0.05) is 23.9 Å². The Bertz CT molecular complexity index is 1000. The van der Waals surface area contributed by atoms with Gasteiger partial charge in [0.1, 0.15) is 5.82 Å². The van der Waals surface area contributed by atoms with Crippen LogP contribution in [0.2, 0.25) is 0 Å². The van der Waals surface area contributed by atoms with Crippen LogP contribution < -0.4 is 19.5 Å². The third-order valence-electron chi connectivity index (χ3n) is 4.14. The molecular weight excluding hydrogens is 411 g/mol. The highest BCUT2D eigenvalue weighted by molar-refractivity contribution is 7.99. The fourth-order valence-corrected chi connectivity index (χ4v) is 3.33. The van der Waals surface area contributed by atoms with E-state index in [0.717, 1.165) is 17.3 Å². The van der Waals surface area contributed by atoms with Gasteiger partial charge in [0.25, 0.3) is 0 Å². The Morgan fingerprint density at radius 3 is 2.47 bits per heavy atom. The number of thioether (sulfide) groups is 1. The number of rotatable bonds is 9. The van der Waals surface area contributed by atoms with Crippen molar-refractivity contribution in [2.24, 2.45) is 0 Å². The van der Waals surface area contributed by atoms with Crippen molar-refractivity contribution in [2.75, 3.05) is 27.1 Å². The third kappa shape index (κ3) is 5.01. The summed E-state index contributed by atoms with van der Waals surface area (Å²) < 4.78 is 29.7. The van der Waals surface area contributed by atoms with Gasteiger partial charge in [0.05, 0.1) is 32.6 Å². The Balaban J connectivity index is 1.57. The molecule has 0 unspecified atom stereocenters. The number of hydrogen-bond acceptors (Lipinski definition) is 7. The third-order valence-corrected chi connectivity index (χ3v) is 4.99. The van der Waals surface area contributed by atoms with E-state index in [1.165, 1.54) is 27.4 Å². The lowest BCUT2D eigenvalue weighted by Gasteiger charge is -2.14. The predicted octanol–water partition coefficient (Wildman–Crippen LogP) is 3.05. The molecular formula is C20H21FN4O4S. The summed E-state index contributed by atoms with van der Waals surface area (Å²) >= 11 is 1.15. The molecule has 0 bridgehead atoms. The number of aromatic amines is 1. The Kier molecular flexibility index (Phi) is 7.12. The first-order chi connectivity index (χ1) is 14.5. The summed E-state index contributed by atoms with van der Waals surface area (Å²) in [7, 11) is 4.59. The van der Waals surface area contributed by atoms with E-state index in [-0.39, 0.29) is 18.2 Å². The fourth-order valence-electron chi connectivity index (χ4n) is 2.70. The molecule has 158 valence electrons. The largest absolute Gasteiger partial charge is 0.493 e. The highest BCUT2D eigenvalue weighted by Gasteiger charge is 2.14. The molecule has 1 heterocycles. The van der Waals surface area contributed by atoms with Crippen molar-refractivity contribution in [1.82, 2.24) is 20.5 Å². The lowest BCUT2D eigenvalue weighted by atomic mass is 10.2. The quantitative estimate of drug-likeness (QED) is 0.502. The summed E-state index contributed by atoms with van der Waals surface area (Å²) in [5.41, 5.74) is 1.12. The van der Waals surface area contributed by atoms with E-state index in [2.05, 4.69) is 20.5 Å². The molecule has 0 atom stereocenters. The average Bonchev–Trinajstić information content (AvgIpc) is 3.24. The molecule has 0 spiro atoms. The first-order valence-electron chi connectivity index (χ1n) is 8.91. The molecule has 0 aliphatic heterocycles. The maximum absolute atomic E-state index is 13.8. The molecule has 0 saturated heterocycles. The fraction of sp³-hybridized carbons (Fsp3) is 0.250. The van der Waals surface area contributed by atoms with Gasteiger partial charge < -0.3 is 19.5 Å². The number of aromatic nitrogens is 3. The second-order valence-electron chi connectivity index (χ2n) is 6.05. The molecule has 2 aromatic carbocycles. The second kappa shape index (κ2) is 9.97. The highest BCUT2D eigenvalue weighted by atomic mass is 32.2. The number of carbonyl (C=O) groups excluding carboxylic acids is 1. The number of ether oxygens (including phenoxy) is 3. The Morgan fingerprint density at radius 2 is 1.83 bits per heavy atom. The van der Waals surface area contributed by atoms with Gasteiger partial charge in [-0.25, -0.2) is 9.37 Å². The summed E-state index contributed by atoms with van der Waals surface area (Å²) in [6.07, 6.45) is 0. The van der Waals surface area contributed by atoms with Crippen molar-refractivity contribution in [2.45, 2.75) is 11.7 Å². The van der Waals surface area contributed by atoms with Gasteiger partial charge in [0.2, 0.25) is 16.8 Å². The van der Waals surface area contributed by atoms with Crippen LogP contribution in [0.25, 0.3) is 11.4 Å². The summed E-state index contributed by atoms with van der Waals surface area (Å²) in [5, 5.41) is 9.89. The van der Waals surface area contributed by atoms with Gasteiger partial charge in [-0.3, -0.25) is 9.89 Å². The van der Waals surface area contributed by atoms with E-state index < -0.39 is 5.82 Å². The number of H-pyrrole nitrogens is 1. The topological polar surface area (TPSA) is 98.4 Å². The van der Waals surface area contributed by atoms with Crippen molar-refractivity contribution >= 4 is 17.7 Å². The minimum Gasteiger partial charge on any atom is -0.493 e. The Morgan fingerprint density at radius 1 is 1.13 bits per heavy atom. The molecule has 30 heavy (non-hydrogen) atoms. The number of halogens is 1. The standard InChI is InChI=1S/C20H21FN4O4S/c1-27-15-8-12(9-16(28-2)18(15)29-3)10-22-17(26)11-30-20-23-19(24-25-20)13-6-4-5-7-14(13)21/h4-9H,10-11H2,1-3H3,(H,22,26)(H,23,24,25). The predicted molar refractivity (Wildman–Crippen MR) is 110 cm³/mol. The highest BCUT2D eigenvalue weighted by Crippen LogP contribution is 2.38. The van der Waals surface area contributed by atoms with E-state index >= 15 is 0 Å². The van der Waals surface area contributed by atoms with E-state index in [0.29, 0.717) is 33.8 Å². The number of methoxy groups -OCH3 is 3. The van der Waals surface area contributed by atoms with Crippen LogP contribution in [0.15, 0.2) is 41.6 Å². The number of carbonyl (C=O) groups is 1. The molecule has 1 aromatic heterocycles. The SMILES string of the molecule is COc1cc(CNC(=O)CSc2n[nH]c(-c3ccccc3F)n2)cc(OC)c1OC. The van der Waals surface area contributed by atoms with E-state index in [4.69, 9.17) is 14.2 Å². The van der Waals surface area contributed by atoms with E-state index in [1.807, 2.05) is 0 Å². The number of benzene rings is 2. The normalized spacial score (nSPS) is 10.5. The average molecular weight is 432 g/mol. The number of nitrogens with zero attached hydrogens (tertiary/aromatic N) is 2. The van der Waals surface area contributed by atoms with Crippen molar-refractivity contribution < 1.29 is 23.4 Å². The zero-order valence-electron chi connectivity index (χ0n) is 16.7. The van der Waals surface area contributed by atoms with Crippen molar-refractivity contribution in [3.05, 3.63) is 47.8 Å². The zero-order valence-corrected chi connectivity index (χ0v) is 17.5. The molecule has 3 aromatic rings. The van der Waals surface area contributed by atoms with Crippen molar-refractivity contribution in [1.29, 1.82) is 0 Å². The molecule has 0 aliphatic rings. The van der Waals surface area contributed by atoms with Crippen LogP contribution in [-0.4, -0.2) is 48.2 Å². The summed E-state index contributed by atoms with van der Waals surface area (Å²) in [6, 6.07) is 9.80. The molecule has 1 amide bonds. The Hall–Kier alpha value is -3.27. The van der Waals surface area contributed by atoms with Crippen molar-refractivity contribution in [3.8, 4) is 28.6 Å². The lowest BCUT2D eigenvalue weighted by molar-refractivity contribution is -0.118. The van der Waals surface area contributed by atoms with Gasteiger partial charge in [-0.15, -0.1) is 5.10 Å². The molecule has 0 aliphatic carbocycles. The van der Waals surface area contributed by atoms with Crippen LogP contribution in [0.5, 0.6) is 17.2 Å². The number of hydrogen-bond donors (Lipinski definition) is 2. The first-order valence-corrected chi connectivity index (χ1v) is 9.90. The van der Waals surface area contributed by atoms with Crippen LogP contribution in [0.4, 0.5) is 4.39 Å². The summed E-state index contributed by atoms with van der Waals surface area (Å²) in [6.45, 7) is 0.282. The molecule has 0 radical (unpaired) electrons. The number of nitrogens with one attached hydrogen (secondary N) is 2. The molecule has 3 rings (SSSR count). The van der Waals surface area contributed by atoms with E-state index in [9.17, 15) is 9.18 Å². The molecule has 10 heteroatoms. The zero-order chi connectivity index (χ0) is 21.5. The Labute approximate surface area is 177 Å². The molecule has 0 fully saturated rings. The van der Waals surface area contributed by atoms with Crippen LogP contribution in [0.1, 0.15) is 5.56 Å². The molecule has 2 N–H and O–H groups in total.